The van der Waals surface area contributed by atoms with E-state index in [0.29, 0.717) is 23.7 Å². The molecule has 3 rings (SSSR count). The van der Waals surface area contributed by atoms with Crippen LogP contribution in [0.5, 0.6) is 5.75 Å². The Morgan fingerprint density at radius 3 is 2.64 bits per heavy atom. The van der Waals surface area contributed by atoms with Crippen LogP contribution in [0.4, 0.5) is 10.5 Å². The number of benzene rings is 1. The number of hydrogen-bond donors (Lipinski definition) is 2. The summed E-state index contributed by atoms with van der Waals surface area (Å²) in [5.41, 5.74) is 1.41. The summed E-state index contributed by atoms with van der Waals surface area (Å²) in [6, 6.07) is 6.82. The molecule has 2 N–H and O–H groups in total. The number of nitrogens with zero attached hydrogens (tertiary/aromatic N) is 4. The van der Waals surface area contributed by atoms with Gasteiger partial charge >= 0.3 is 6.03 Å². The van der Waals surface area contributed by atoms with E-state index in [-0.39, 0.29) is 25.7 Å². The summed E-state index contributed by atoms with van der Waals surface area (Å²) in [5, 5.41) is 22.1. The van der Waals surface area contributed by atoms with E-state index in [9.17, 15) is 9.59 Å². The van der Waals surface area contributed by atoms with Crippen molar-refractivity contribution in [3.63, 3.8) is 0 Å². The van der Waals surface area contributed by atoms with Crippen LogP contribution in [-0.4, -0.2) is 56.2 Å². The molecule has 1 aromatic heterocycles. The molecule has 176 valence electrons. The van der Waals surface area contributed by atoms with Crippen molar-refractivity contribution in [1.29, 1.82) is 5.41 Å². The Morgan fingerprint density at radius 1 is 1.27 bits per heavy atom. The lowest BCUT2D eigenvalue weighted by atomic mass is 10.0. The predicted molar refractivity (Wildman–Crippen MR) is 130 cm³/mol. The average Bonchev–Trinajstić information content (AvgIpc) is 3.27. The Bertz CT molecular complexity index is 1100. The summed E-state index contributed by atoms with van der Waals surface area (Å²) in [4.78, 5) is 29.2. The van der Waals surface area contributed by atoms with Crippen molar-refractivity contribution in [2.45, 2.75) is 46.3 Å². The number of aromatic nitrogens is 2. The molecule has 0 bridgehead atoms. The largest absolute Gasteiger partial charge is 0.491 e. The van der Waals surface area contributed by atoms with Crippen molar-refractivity contribution >= 4 is 32.6 Å². The Morgan fingerprint density at radius 2 is 2.00 bits per heavy atom. The predicted octanol–water partition coefficient (Wildman–Crippen LogP) is 3.19. The Balaban J connectivity index is 1.83. The van der Waals surface area contributed by atoms with Crippen molar-refractivity contribution < 1.29 is 19.4 Å². The van der Waals surface area contributed by atoms with Crippen molar-refractivity contribution in [3.8, 4) is 5.75 Å². The number of carbonyl (C=O) groups excluding carboxylic acids is 2. The van der Waals surface area contributed by atoms with Gasteiger partial charge in [0.05, 0.1) is 25.0 Å². The monoisotopic (exact) mass is 471 g/mol. The van der Waals surface area contributed by atoms with Gasteiger partial charge < -0.3 is 20.2 Å². The zero-order valence-electron chi connectivity index (χ0n) is 19.3. The molecule has 0 spiro atoms. The first kappa shape index (κ1) is 24.6. The third kappa shape index (κ3) is 5.15. The molecule has 1 aliphatic rings. The third-order valence-corrected chi connectivity index (χ3v) is 5.90. The van der Waals surface area contributed by atoms with E-state index in [1.54, 1.807) is 43.8 Å². The minimum Gasteiger partial charge on any atom is -0.491 e. The summed E-state index contributed by atoms with van der Waals surface area (Å²) in [5.74, 6) is 0.256. The molecule has 1 atom stereocenters. The van der Waals surface area contributed by atoms with Crippen LogP contribution in [0.1, 0.15) is 33.3 Å². The quantitative estimate of drug-likeness (QED) is 0.331. The Kier molecular flexibility index (Phi) is 7.34. The van der Waals surface area contributed by atoms with Crippen molar-refractivity contribution in [1.82, 2.24) is 14.7 Å². The molecule has 10 heteroatoms. The third-order valence-electron chi connectivity index (χ3n) is 5.55. The van der Waals surface area contributed by atoms with Gasteiger partial charge in [-0.05, 0) is 56.3 Å². The second-order valence-corrected chi connectivity index (χ2v) is 9.34. The van der Waals surface area contributed by atoms with Gasteiger partial charge in [0.25, 0.3) is 5.91 Å². The maximum atomic E-state index is 13.3. The van der Waals surface area contributed by atoms with E-state index >= 15 is 0 Å². The van der Waals surface area contributed by atoms with Crippen molar-refractivity contribution in [2.24, 2.45) is 0 Å². The number of anilines is 1. The molecular formula is C23H30N5O4P. The number of carbonyl (C=O) groups is 2. The van der Waals surface area contributed by atoms with E-state index < -0.39 is 11.6 Å². The highest BCUT2D eigenvalue weighted by Crippen LogP contribution is 2.33. The molecule has 1 aliphatic heterocycles. The van der Waals surface area contributed by atoms with Gasteiger partial charge in [-0.1, -0.05) is 12.1 Å². The summed E-state index contributed by atoms with van der Waals surface area (Å²) in [6.07, 6.45) is 3.14. The maximum absolute atomic E-state index is 13.3. The van der Waals surface area contributed by atoms with Crippen LogP contribution in [-0.2, 0) is 17.9 Å². The second-order valence-electron chi connectivity index (χ2n) is 8.47. The molecule has 2 aromatic rings. The van der Waals surface area contributed by atoms with Gasteiger partial charge in [-0.15, -0.1) is 9.24 Å². The van der Waals surface area contributed by atoms with E-state index in [1.807, 2.05) is 19.1 Å². The summed E-state index contributed by atoms with van der Waals surface area (Å²) >= 11 is 0. The first-order chi connectivity index (χ1) is 15.6. The highest BCUT2D eigenvalue weighted by molar-refractivity contribution is 7.22. The number of imide groups is 1. The summed E-state index contributed by atoms with van der Waals surface area (Å²) < 4.78 is 7.08. The van der Waals surface area contributed by atoms with Gasteiger partial charge in [-0.3, -0.25) is 9.48 Å². The zero-order chi connectivity index (χ0) is 24.3. The van der Waals surface area contributed by atoms with Gasteiger partial charge in [0.2, 0.25) is 0 Å². The van der Waals surface area contributed by atoms with Gasteiger partial charge in [0.1, 0.15) is 17.9 Å². The van der Waals surface area contributed by atoms with E-state index in [2.05, 4.69) is 14.3 Å². The van der Waals surface area contributed by atoms with Gasteiger partial charge in [0.15, 0.2) is 0 Å². The molecule has 1 fully saturated rings. The van der Waals surface area contributed by atoms with Crippen LogP contribution < -0.4 is 9.64 Å². The van der Waals surface area contributed by atoms with Crippen LogP contribution in [0.15, 0.2) is 47.5 Å². The average molecular weight is 471 g/mol. The van der Waals surface area contributed by atoms with Crippen LogP contribution in [0, 0.1) is 5.41 Å². The lowest BCUT2D eigenvalue weighted by Gasteiger charge is -2.27. The smallest absolute Gasteiger partial charge is 0.332 e. The van der Waals surface area contributed by atoms with Gasteiger partial charge in [-0.25, -0.2) is 9.69 Å². The SMILES string of the molecule is CC(=N)C(Cn1cc(N2C(=O)N(Cc3cccc(OCCO)c3)C(C)(C)C2=O)cn1)=C(C)P. The number of amides is 3. The zero-order valence-corrected chi connectivity index (χ0v) is 20.5. The molecule has 1 unspecified atom stereocenters. The molecule has 0 aliphatic carbocycles. The molecule has 1 aromatic carbocycles. The molecule has 0 radical (unpaired) electrons. The number of aliphatic hydroxyl groups is 1. The van der Waals surface area contributed by atoms with E-state index in [1.165, 1.54) is 11.1 Å². The number of aliphatic hydroxyl groups excluding tert-OH is 1. The van der Waals surface area contributed by atoms with E-state index in [4.69, 9.17) is 15.3 Å². The number of urea groups is 1. The lowest BCUT2D eigenvalue weighted by Crippen LogP contribution is -2.43. The molecule has 9 nitrogen and oxygen atoms in total. The molecule has 1 saturated heterocycles. The van der Waals surface area contributed by atoms with Crippen molar-refractivity contribution in [2.75, 3.05) is 18.1 Å². The minimum absolute atomic E-state index is 0.0909. The first-order valence-electron chi connectivity index (χ1n) is 10.6. The highest BCUT2D eigenvalue weighted by Gasteiger charge is 2.52. The summed E-state index contributed by atoms with van der Waals surface area (Å²) in [7, 11) is 2.60. The molecule has 2 heterocycles. The van der Waals surface area contributed by atoms with Gasteiger partial charge in [-0.2, -0.15) is 5.10 Å². The maximum Gasteiger partial charge on any atom is 0.332 e. The van der Waals surface area contributed by atoms with Crippen molar-refractivity contribution in [3.05, 3.63) is 53.1 Å². The number of ether oxygens (including phenoxy) is 1. The van der Waals surface area contributed by atoms with Crippen LogP contribution in [0.2, 0.25) is 0 Å². The highest BCUT2D eigenvalue weighted by atomic mass is 31.0. The number of hydrogen-bond acceptors (Lipinski definition) is 6. The number of nitrogens with one attached hydrogen (secondary N) is 1. The molecule has 3 amide bonds. The van der Waals surface area contributed by atoms with Crippen LogP contribution >= 0.6 is 9.24 Å². The van der Waals surface area contributed by atoms with E-state index in [0.717, 1.165) is 21.4 Å². The minimum atomic E-state index is -1.05. The molecule has 33 heavy (non-hydrogen) atoms. The lowest BCUT2D eigenvalue weighted by molar-refractivity contribution is -0.123. The Hall–Kier alpha value is -3.03. The fourth-order valence-electron chi connectivity index (χ4n) is 3.66. The Labute approximate surface area is 195 Å². The normalized spacial score (nSPS) is 16.3. The molecule has 0 saturated carbocycles. The second kappa shape index (κ2) is 9.85. The topological polar surface area (TPSA) is 112 Å². The summed E-state index contributed by atoms with van der Waals surface area (Å²) in [6.45, 7) is 7.75. The fourth-order valence-corrected chi connectivity index (χ4v) is 3.97. The van der Waals surface area contributed by atoms with Crippen LogP contribution in [0.3, 0.4) is 0 Å². The standard InChI is InChI=1S/C23H30N5O4P/c1-15(24)20(16(2)33)14-26-13-18(11-25-26)28-21(30)23(3,4)27(22(28)31)12-17-6-5-7-19(10-17)32-9-8-29/h5-7,10-11,13,24,29H,8-9,12,14,33H2,1-4H3. The number of rotatable bonds is 9. The van der Waals surface area contributed by atoms with Gasteiger partial charge in [0, 0.05) is 18.5 Å². The first-order valence-corrected chi connectivity index (χ1v) is 11.2. The fraction of sp³-hybridized carbons (Fsp3) is 0.391. The van der Waals surface area contributed by atoms with Crippen LogP contribution in [0.25, 0.3) is 0 Å². The molecular weight excluding hydrogens is 441 g/mol. The number of allylic oxidation sites excluding steroid dienone is 2.